The Morgan fingerprint density at radius 1 is 1.15 bits per heavy atom. The van der Waals surface area contributed by atoms with Crippen LogP contribution in [0.4, 0.5) is 0 Å². The monoisotopic (exact) mass is 349 g/mol. The molecule has 0 spiro atoms. The molecule has 2 heterocycles. The van der Waals surface area contributed by atoms with Crippen molar-refractivity contribution in [3.63, 3.8) is 0 Å². The second-order valence-corrected chi connectivity index (χ2v) is 6.08. The molecule has 0 saturated carbocycles. The summed E-state index contributed by atoms with van der Waals surface area (Å²) in [5, 5.41) is 7.34. The summed E-state index contributed by atoms with van der Waals surface area (Å²) in [6, 6.07) is 18.8. The topological polar surface area (TPSA) is 65.4 Å². The molecule has 132 valence electrons. The molecule has 0 unspecified atom stereocenters. The van der Waals surface area contributed by atoms with Crippen LogP contribution in [0.15, 0.2) is 66.9 Å². The quantitative estimate of drug-likeness (QED) is 0.787. The number of nitrogens with one attached hydrogen (secondary N) is 1. The molecule has 1 aliphatic rings. The number of ether oxygens (including phenoxy) is 2. The molecule has 0 bridgehead atoms. The van der Waals surface area contributed by atoms with Gasteiger partial charge in [0.15, 0.2) is 12.9 Å². The zero-order valence-electron chi connectivity index (χ0n) is 14.3. The van der Waals surface area contributed by atoms with Crippen LogP contribution in [0.25, 0.3) is 0 Å². The van der Waals surface area contributed by atoms with E-state index < -0.39 is 6.10 Å². The van der Waals surface area contributed by atoms with Gasteiger partial charge in [0.2, 0.25) is 0 Å². The van der Waals surface area contributed by atoms with Gasteiger partial charge in [-0.15, -0.1) is 0 Å². The van der Waals surface area contributed by atoms with Gasteiger partial charge in [0.1, 0.15) is 5.75 Å². The molecule has 1 aliphatic heterocycles. The van der Waals surface area contributed by atoms with E-state index in [4.69, 9.17) is 9.47 Å². The van der Waals surface area contributed by atoms with Crippen LogP contribution >= 0.6 is 0 Å². The summed E-state index contributed by atoms with van der Waals surface area (Å²) in [6.07, 6.45) is 1.01. The van der Waals surface area contributed by atoms with Crippen molar-refractivity contribution in [1.29, 1.82) is 0 Å². The van der Waals surface area contributed by atoms with E-state index in [0.29, 0.717) is 5.75 Å². The molecular formula is C20H19N3O3. The second kappa shape index (κ2) is 7.01. The van der Waals surface area contributed by atoms with Crippen LogP contribution in [0, 0.1) is 0 Å². The Labute approximate surface area is 151 Å². The lowest BCUT2D eigenvalue weighted by Crippen LogP contribution is -2.37. The van der Waals surface area contributed by atoms with E-state index in [1.807, 2.05) is 67.7 Å². The maximum Gasteiger partial charge on any atom is 0.254 e. The highest BCUT2D eigenvalue weighted by molar-refractivity contribution is 5.84. The molecule has 3 aromatic rings. The molecule has 1 N–H and O–H groups in total. The van der Waals surface area contributed by atoms with Crippen LogP contribution in [0.2, 0.25) is 0 Å². The average Bonchev–Trinajstić information content (AvgIpc) is 3.12. The molecule has 2 atom stereocenters. The van der Waals surface area contributed by atoms with E-state index >= 15 is 0 Å². The lowest BCUT2D eigenvalue weighted by Gasteiger charge is -2.27. The van der Waals surface area contributed by atoms with E-state index in [1.54, 1.807) is 10.9 Å². The lowest BCUT2D eigenvalue weighted by atomic mass is 10.0. The minimum Gasteiger partial charge on any atom is -0.467 e. The molecule has 1 amide bonds. The van der Waals surface area contributed by atoms with Gasteiger partial charge in [0.05, 0.1) is 11.7 Å². The summed E-state index contributed by atoms with van der Waals surface area (Å²) in [6.45, 7) is 0.0524. The van der Waals surface area contributed by atoms with E-state index in [1.165, 1.54) is 0 Å². The summed E-state index contributed by atoms with van der Waals surface area (Å²) < 4.78 is 12.8. The zero-order chi connectivity index (χ0) is 17.9. The number of hydrogen-bond donors (Lipinski definition) is 1. The minimum atomic E-state index is -0.709. The molecule has 6 nitrogen and oxygen atoms in total. The maximum absolute atomic E-state index is 13.0. The molecule has 2 aromatic carbocycles. The van der Waals surface area contributed by atoms with Gasteiger partial charge in [-0.05, 0) is 17.7 Å². The van der Waals surface area contributed by atoms with Crippen molar-refractivity contribution < 1.29 is 14.3 Å². The SMILES string of the molecule is Cn1nccc1[C@@H](NC(=O)[C@H]1OCOc2ccccc21)c1ccccc1. The first kappa shape index (κ1) is 16.4. The Balaban J connectivity index is 1.65. The first-order valence-corrected chi connectivity index (χ1v) is 8.40. The van der Waals surface area contributed by atoms with Crippen LogP contribution in [0.5, 0.6) is 5.75 Å². The van der Waals surface area contributed by atoms with Crippen molar-refractivity contribution in [3.05, 3.63) is 83.7 Å². The highest BCUT2D eigenvalue weighted by atomic mass is 16.7. The largest absolute Gasteiger partial charge is 0.467 e. The average molecular weight is 349 g/mol. The standard InChI is InChI=1S/C20H19N3O3/c1-23-16(11-12-21-23)18(14-7-3-2-4-8-14)22-20(24)19-15-9-5-6-10-17(15)25-13-26-19/h2-12,18-19H,13H2,1H3,(H,22,24)/t18-,19-/m0/s1. The fourth-order valence-electron chi connectivity index (χ4n) is 3.16. The van der Waals surface area contributed by atoms with Gasteiger partial charge >= 0.3 is 0 Å². The molecule has 0 aliphatic carbocycles. The van der Waals surface area contributed by atoms with Gasteiger partial charge in [-0.25, -0.2) is 0 Å². The highest BCUT2D eigenvalue weighted by Crippen LogP contribution is 2.32. The maximum atomic E-state index is 13.0. The lowest BCUT2D eigenvalue weighted by molar-refractivity contribution is -0.142. The molecule has 4 rings (SSSR count). The summed E-state index contributed by atoms with van der Waals surface area (Å²) in [4.78, 5) is 13.0. The summed E-state index contributed by atoms with van der Waals surface area (Å²) in [7, 11) is 1.86. The number of aryl methyl sites for hydroxylation is 1. The van der Waals surface area contributed by atoms with Gasteiger partial charge in [0.25, 0.3) is 5.91 Å². The molecule has 26 heavy (non-hydrogen) atoms. The number of aromatic nitrogens is 2. The van der Waals surface area contributed by atoms with Crippen molar-refractivity contribution in [2.75, 3.05) is 6.79 Å². The Morgan fingerprint density at radius 3 is 2.69 bits per heavy atom. The number of nitrogens with zero attached hydrogens (tertiary/aromatic N) is 2. The molecule has 1 aromatic heterocycles. The summed E-state index contributed by atoms with van der Waals surface area (Å²) >= 11 is 0. The number of rotatable bonds is 4. The third-order valence-corrected chi connectivity index (χ3v) is 4.46. The molecule has 0 saturated heterocycles. The van der Waals surface area contributed by atoms with E-state index in [-0.39, 0.29) is 18.7 Å². The number of hydrogen-bond acceptors (Lipinski definition) is 4. The van der Waals surface area contributed by atoms with Gasteiger partial charge in [-0.3, -0.25) is 9.48 Å². The van der Waals surface area contributed by atoms with E-state index in [0.717, 1.165) is 16.8 Å². The van der Waals surface area contributed by atoms with Crippen molar-refractivity contribution >= 4 is 5.91 Å². The predicted octanol–water partition coefficient (Wildman–Crippen LogP) is 2.73. The van der Waals surface area contributed by atoms with Crippen LogP contribution in [0.3, 0.4) is 0 Å². The third-order valence-electron chi connectivity index (χ3n) is 4.46. The summed E-state index contributed by atoms with van der Waals surface area (Å²) in [5.74, 6) is 0.464. The van der Waals surface area contributed by atoms with Gasteiger partial charge in [0, 0.05) is 18.8 Å². The molecule has 0 fully saturated rings. The zero-order valence-corrected chi connectivity index (χ0v) is 14.3. The number of carbonyl (C=O) groups is 1. The van der Waals surface area contributed by atoms with Crippen LogP contribution in [-0.4, -0.2) is 22.5 Å². The van der Waals surface area contributed by atoms with Crippen LogP contribution < -0.4 is 10.1 Å². The number of benzene rings is 2. The molecular weight excluding hydrogens is 330 g/mol. The van der Waals surface area contributed by atoms with Crippen molar-refractivity contribution in [2.24, 2.45) is 7.05 Å². The van der Waals surface area contributed by atoms with Crippen molar-refractivity contribution in [1.82, 2.24) is 15.1 Å². The van der Waals surface area contributed by atoms with Crippen molar-refractivity contribution in [3.8, 4) is 5.75 Å². The summed E-state index contributed by atoms with van der Waals surface area (Å²) in [5.41, 5.74) is 2.60. The minimum absolute atomic E-state index is 0.0524. The Bertz CT molecular complexity index is 907. The van der Waals surface area contributed by atoms with Gasteiger partial charge in [-0.1, -0.05) is 48.5 Å². The fourth-order valence-corrected chi connectivity index (χ4v) is 3.16. The number of carbonyl (C=O) groups excluding carboxylic acids is 1. The Hall–Kier alpha value is -3.12. The number of fused-ring (bicyclic) bond motifs is 1. The highest BCUT2D eigenvalue weighted by Gasteiger charge is 2.31. The number of para-hydroxylation sites is 1. The predicted molar refractivity (Wildman–Crippen MR) is 95.4 cm³/mol. The van der Waals surface area contributed by atoms with Gasteiger partial charge < -0.3 is 14.8 Å². The Kier molecular flexibility index (Phi) is 4.41. The number of amides is 1. The van der Waals surface area contributed by atoms with Gasteiger partial charge in [-0.2, -0.15) is 5.10 Å². The van der Waals surface area contributed by atoms with Crippen LogP contribution in [-0.2, 0) is 16.6 Å². The first-order chi connectivity index (χ1) is 12.7. The van der Waals surface area contributed by atoms with Crippen molar-refractivity contribution in [2.45, 2.75) is 12.1 Å². The third kappa shape index (κ3) is 3.07. The van der Waals surface area contributed by atoms with E-state index in [9.17, 15) is 4.79 Å². The molecule has 6 heteroatoms. The van der Waals surface area contributed by atoms with Crippen LogP contribution in [0.1, 0.15) is 29.0 Å². The Morgan fingerprint density at radius 2 is 1.92 bits per heavy atom. The van der Waals surface area contributed by atoms with E-state index in [2.05, 4.69) is 10.4 Å². The fraction of sp³-hybridized carbons (Fsp3) is 0.200. The first-order valence-electron chi connectivity index (χ1n) is 8.40. The normalized spacial score (nSPS) is 17.0. The molecule has 0 radical (unpaired) electrons. The smallest absolute Gasteiger partial charge is 0.254 e. The second-order valence-electron chi connectivity index (χ2n) is 6.08.